The Hall–Kier alpha value is -2.58. The highest BCUT2D eigenvalue weighted by molar-refractivity contribution is 6.07. The highest BCUT2D eigenvalue weighted by Gasteiger charge is 2.20. The number of nitrogens with zero attached hydrogens (tertiary/aromatic N) is 2. The van der Waals surface area contributed by atoms with Crippen molar-refractivity contribution < 1.29 is 19.2 Å². The number of hydrogen-bond donors (Lipinski definition) is 2. The van der Waals surface area contributed by atoms with E-state index in [0.717, 1.165) is 13.8 Å². The monoisotopic (exact) mass is 278 g/mol. The molecule has 0 atom stereocenters. The number of hydrogen-bond acceptors (Lipinski definition) is 6. The van der Waals surface area contributed by atoms with E-state index in [9.17, 15) is 19.2 Å². The van der Waals surface area contributed by atoms with Gasteiger partial charge < -0.3 is 0 Å². The van der Waals surface area contributed by atoms with Crippen LogP contribution >= 0.6 is 0 Å². The second kappa shape index (κ2) is 6.04. The lowest BCUT2D eigenvalue weighted by Crippen LogP contribution is -2.42. The molecular weight excluding hydrogens is 264 g/mol. The van der Waals surface area contributed by atoms with Crippen molar-refractivity contribution in [2.24, 2.45) is 11.7 Å². The molecule has 8 nitrogen and oxygen atoms in total. The minimum atomic E-state index is -0.765. The summed E-state index contributed by atoms with van der Waals surface area (Å²) in [5, 5.41) is 0.851. The normalized spacial score (nSPS) is 9.80. The van der Waals surface area contributed by atoms with E-state index in [1.54, 1.807) is 0 Å². The SMILES string of the molecule is CC(=O)N(N)C(=O)c1cccc(C(=O)N(N)C(C)=O)c1. The Balaban J connectivity index is 3.08. The summed E-state index contributed by atoms with van der Waals surface area (Å²) in [6.07, 6.45) is 0. The van der Waals surface area contributed by atoms with Crippen molar-refractivity contribution in [3.8, 4) is 0 Å². The number of rotatable bonds is 2. The van der Waals surface area contributed by atoms with Crippen molar-refractivity contribution in [1.29, 1.82) is 0 Å². The van der Waals surface area contributed by atoms with Gasteiger partial charge in [0.1, 0.15) is 0 Å². The van der Waals surface area contributed by atoms with Gasteiger partial charge in [-0.3, -0.25) is 19.2 Å². The smallest absolute Gasteiger partial charge is 0.273 e. The lowest BCUT2D eigenvalue weighted by atomic mass is 10.1. The maximum absolute atomic E-state index is 11.8. The summed E-state index contributed by atoms with van der Waals surface area (Å²) in [5.74, 6) is 7.76. The van der Waals surface area contributed by atoms with Crippen LogP contribution in [0.3, 0.4) is 0 Å². The van der Waals surface area contributed by atoms with Gasteiger partial charge in [-0.05, 0) is 18.2 Å². The van der Waals surface area contributed by atoms with Gasteiger partial charge in [-0.15, -0.1) is 0 Å². The van der Waals surface area contributed by atoms with E-state index in [0.29, 0.717) is 10.0 Å². The zero-order valence-electron chi connectivity index (χ0n) is 11.0. The van der Waals surface area contributed by atoms with Gasteiger partial charge in [0.15, 0.2) is 0 Å². The number of carbonyl (C=O) groups excluding carboxylic acids is 4. The van der Waals surface area contributed by atoms with E-state index >= 15 is 0 Å². The third-order valence-electron chi connectivity index (χ3n) is 2.47. The number of carbonyl (C=O) groups is 4. The lowest BCUT2D eigenvalue weighted by Gasteiger charge is -2.14. The number of benzene rings is 1. The Bertz CT molecular complexity index is 537. The van der Waals surface area contributed by atoms with Gasteiger partial charge in [0.2, 0.25) is 11.8 Å². The van der Waals surface area contributed by atoms with Crippen LogP contribution in [0.2, 0.25) is 0 Å². The van der Waals surface area contributed by atoms with Crippen molar-refractivity contribution in [3.05, 3.63) is 35.4 Å². The standard InChI is InChI=1S/C12H14N4O4/c1-7(17)15(13)11(19)9-4-3-5-10(6-9)12(20)16(14)8(2)18/h3-6H,13-14H2,1-2H3. The number of nitrogens with two attached hydrogens (primary N) is 2. The summed E-state index contributed by atoms with van der Waals surface area (Å²) < 4.78 is 0. The van der Waals surface area contributed by atoms with Crippen molar-refractivity contribution in [2.75, 3.05) is 0 Å². The molecule has 8 heteroatoms. The molecule has 0 aliphatic rings. The molecule has 0 heterocycles. The molecule has 1 aromatic rings. The molecule has 1 aromatic carbocycles. The molecule has 0 bridgehead atoms. The number of hydrazine groups is 2. The van der Waals surface area contributed by atoms with E-state index in [4.69, 9.17) is 11.7 Å². The van der Waals surface area contributed by atoms with E-state index in [1.165, 1.54) is 24.3 Å². The second-order valence-corrected chi connectivity index (χ2v) is 3.97. The van der Waals surface area contributed by atoms with Gasteiger partial charge in [-0.25, -0.2) is 21.7 Å². The first kappa shape index (κ1) is 15.5. The molecule has 1 rings (SSSR count). The quantitative estimate of drug-likeness (QED) is 0.423. The van der Waals surface area contributed by atoms with Gasteiger partial charge in [0.25, 0.3) is 11.8 Å². The summed E-state index contributed by atoms with van der Waals surface area (Å²) in [6.45, 7) is 2.26. The van der Waals surface area contributed by atoms with Crippen LogP contribution in [0.1, 0.15) is 34.6 Å². The van der Waals surface area contributed by atoms with E-state index < -0.39 is 23.6 Å². The maximum atomic E-state index is 11.8. The summed E-state index contributed by atoms with van der Waals surface area (Å²) in [6, 6.07) is 5.39. The first-order valence-corrected chi connectivity index (χ1v) is 5.55. The third-order valence-corrected chi connectivity index (χ3v) is 2.47. The van der Waals surface area contributed by atoms with E-state index in [1.807, 2.05) is 0 Å². The third kappa shape index (κ3) is 3.25. The van der Waals surface area contributed by atoms with Crippen LogP contribution in [0.25, 0.3) is 0 Å². The van der Waals surface area contributed by atoms with Crippen molar-refractivity contribution >= 4 is 23.6 Å². The average molecular weight is 278 g/mol. The molecule has 0 radical (unpaired) electrons. The molecule has 0 aromatic heterocycles. The molecule has 4 N–H and O–H groups in total. The maximum Gasteiger partial charge on any atom is 0.274 e. The molecule has 0 spiro atoms. The Morgan fingerprint density at radius 2 is 1.20 bits per heavy atom. The average Bonchev–Trinajstić information content (AvgIpc) is 2.43. The van der Waals surface area contributed by atoms with Crippen LogP contribution in [0.4, 0.5) is 0 Å². The first-order valence-electron chi connectivity index (χ1n) is 5.55. The van der Waals surface area contributed by atoms with Crippen LogP contribution < -0.4 is 11.7 Å². The van der Waals surface area contributed by atoms with Crippen LogP contribution in [-0.2, 0) is 9.59 Å². The van der Waals surface area contributed by atoms with Crippen LogP contribution in [-0.4, -0.2) is 33.6 Å². The molecule has 0 fully saturated rings. The largest absolute Gasteiger partial charge is 0.274 e. The minimum Gasteiger partial charge on any atom is -0.273 e. The highest BCUT2D eigenvalue weighted by Crippen LogP contribution is 2.09. The van der Waals surface area contributed by atoms with Gasteiger partial charge >= 0.3 is 0 Å². The van der Waals surface area contributed by atoms with Crippen LogP contribution in [0, 0.1) is 0 Å². The van der Waals surface area contributed by atoms with E-state index in [-0.39, 0.29) is 11.1 Å². The highest BCUT2D eigenvalue weighted by atomic mass is 16.2. The summed E-state index contributed by atoms with van der Waals surface area (Å²) in [5.41, 5.74) is 0.0657. The Labute approximate surface area is 114 Å². The van der Waals surface area contributed by atoms with Crippen molar-refractivity contribution in [2.45, 2.75) is 13.8 Å². The molecule has 0 saturated carbocycles. The van der Waals surface area contributed by atoms with Gasteiger partial charge in [-0.1, -0.05) is 6.07 Å². The lowest BCUT2D eigenvalue weighted by molar-refractivity contribution is -0.127. The zero-order valence-corrected chi connectivity index (χ0v) is 11.0. The van der Waals surface area contributed by atoms with Gasteiger partial charge in [-0.2, -0.15) is 0 Å². The molecule has 20 heavy (non-hydrogen) atoms. The topological polar surface area (TPSA) is 127 Å². The fraction of sp³-hybridized carbons (Fsp3) is 0.167. The fourth-order valence-corrected chi connectivity index (χ4v) is 1.35. The second-order valence-electron chi connectivity index (χ2n) is 3.97. The summed E-state index contributed by atoms with van der Waals surface area (Å²) in [7, 11) is 0. The predicted molar refractivity (Wildman–Crippen MR) is 68.5 cm³/mol. The van der Waals surface area contributed by atoms with Crippen LogP contribution in [0.15, 0.2) is 24.3 Å². The van der Waals surface area contributed by atoms with Crippen molar-refractivity contribution in [3.63, 3.8) is 0 Å². The number of amides is 4. The number of imide groups is 2. The summed E-state index contributed by atoms with van der Waals surface area (Å²) >= 11 is 0. The summed E-state index contributed by atoms with van der Waals surface area (Å²) in [4.78, 5) is 45.7. The van der Waals surface area contributed by atoms with Crippen LogP contribution in [0.5, 0.6) is 0 Å². The van der Waals surface area contributed by atoms with E-state index in [2.05, 4.69) is 0 Å². The van der Waals surface area contributed by atoms with Gasteiger partial charge in [0.05, 0.1) is 0 Å². The molecule has 0 aliphatic carbocycles. The fourth-order valence-electron chi connectivity index (χ4n) is 1.35. The molecule has 106 valence electrons. The Kier molecular flexibility index (Phi) is 4.68. The van der Waals surface area contributed by atoms with Gasteiger partial charge in [0, 0.05) is 25.0 Å². The first-order chi connectivity index (χ1) is 9.25. The molecular formula is C12H14N4O4. The molecule has 4 amide bonds. The van der Waals surface area contributed by atoms with Crippen molar-refractivity contribution in [1.82, 2.24) is 10.0 Å². The predicted octanol–water partition coefficient (Wildman–Crippen LogP) is -0.589. The Morgan fingerprint density at radius 1 is 0.850 bits per heavy atom. The zero-order chi connectivity index (χ0) is 15.4. The molecule has 0 saturated heterocycles. The molecule has 0 aliphatic heterocycles. The molecule has 0 unspecified atom stereocenters. The minimum absolute atomic E-state index is 0.0329. The Morgan fingerprint density at radius 3 is 1.50 bits per heavy atom.